The highest BCUT2D eigenvalue weighted by molar-refractivity contribution is 5.87. The Morgan fingerprint density at radius 1 is 1.25 bits per heavy atom. The number of hydrogen-bond acceptors (Lipinski definition) is 4. The van der Waals surface area contributed by atoms with Crippen LogP contribution >= 0.6 is 0 Å². The Balaban J connectivity index is 2.55. The van der Waals surface area contributed by atoms with Gasteiger partial charge in [0.1, 0.15) is 0 Å². The summed E-state index contributed by atoms with van der Waals surface area (Å²) in [5, 5.41) is 0. The van der Waals surface area contributed by atoms with Crippen molar-refractivity contribution in [2.24, 2.45) is 0 Å². The lowest BCUT2D eigenvalue weighted by Gasteiger charge is -2.24. The first-order valence-electron chi connectivity index (χ1n) is 4.06. The lowest BCUT2D eigenvalue weighted by atomic mass is 10.2. The Morgan fingerprint density at radius 3 is 2.50 bits per heavy atom. The van der Waals surface area contributed by atoms with E-state index in [1.807, 2.05) is 6.92 Å². The van der Waals surface area contributed by atoms with E-state index in [9.17, 15) is 9.59 Å². The van der Waals surface area contributed by atoms with Gasteiger partial charge in [0.2, 0.25) is 0 Å². The second kappa shape index (κ2) is 3.56. The van der Waals surface area contributed by atoms with Crippen molar-refractivity contribution in [3.05, 3.63) is 0 Å². The molecule has 0 amide bonds. The van der Waals surface area contributed by atoms with Crippen LogP contribution in [0.4, 0.5) is 0 Å². The lowest BCUT2D eigenvalue weighted by Crippen LogP contribution is -2.42. The highest BCUT2D eigenvalue weighted by atomic mass is 16.6. The van der Waals surface area contributed by atoms with Crippen LogP contribution in [0.5, 0.6) is 0 Å². The van der Waals surface area contributed by atoms with E-state index in [1.165, 1.54) is 6.92 Å². The minimum Gasteiger partial charge on any atom is -0.448 e. The van der Waals surface area contributed by atoms with Crippen molar-refractivity contribution < 1.29 is 19.1 Å². The van der Waals surface area contributed by atoms with Gasteiger partial charge in [0.25, 0.3) is 0 Å². The third-order valence-corrected chi connectivity index (χ3v) is 1.70. The van der Waals surface area contributed by atoms with Crippen LogP contribution in [0.1, 0.15) is 26.7 Å². The molecular weight excluding hydrogens is 160 g/mol. The highest BCUT2D eigenvalue weighted by Crippen LogP contribution is 2.13. The normalized spacial score (nSPS) is 29.5. The molecule has 4 heteroatoms. The van der Waals surface area contributed by atoms with Crippen molar-refractivity contribution in [2.45, 2.75) is 38.9 Å². The molecule has 1 aliphatic rings. The molecule has 1 fully saturated rings. The molecule has 0 aromatic carbocycles. The number of hydrogen-bond donors (Lipinski definition) is 0. The number of ether oxygens (including phenoxy) is 2. The maximum absolute atomic E-state index is 11.0. The molecule has 0 radical (unpaired) electrons. The van der Waals surface area contributed by atoms with Crippen molar-refractivity contribution in [3.8, 4) is 0 Å². The van der Waals surface area contributed by atoms with Gasteiger partial charge >= 0.3 is 11.9 Å². The van der Waals surface area contributed by atoms with Gasteiger partial charge < -0.3 is 9.47 Å². The lowest BCUT2D eigenvalue weighted by molar-refractivity contribution is -0.193. The molecule has 12 heavy (non-hydrogen) atoms. The van der Waals surface area contributed by atoms with E-state index >= 15 is 0 Å². The van der Waals surface area contributed by atoms with Crippen LogP contribution in [-0.2, 0) is 19.1 Å². The minimum atomic E-state index is -0.745. The third-order valence-electron chi connectivity index (χ3n) is 1.70. The van der Waals surface area contributed by atoms with Crippen LogP contribution in [0.3, 0.4) is 0 Å². The van der Waals surface area contributed by atoms with E-state index in [0.29, 0.717) is 6.42 Å². The van der Waals surface area contributed by atoms with Gasteiger partial charge in [-0.25, -0.2) is 9.59 Å². The van der Waals surface area contributed by atoms with E-state index < -0.39 is 24.1 Å². The van der Waals surface area contributed by atoms with Crippen molar-refractivity contribution in [3.63, 3.8) is 0 Å². The molecular formula is C8H12O4. The second-order valence-electron chi connectivity index (χ2n) is 2.79. The maximum atomic E-state index is 11.0. The zero-order valence-corrected chi connectivity index (χ0v) is 7.20. The molecule has 0 saturated carbocycles. The topological polar surface area (TPSA) is 52.6 Å². The Bertz CT molecular complexity index is 199. The molecule has 0 spiro atoms. The second-order valence-corrected chi connectivity index (χ2v) is 2.79. The Morgan fingerprint density at radius 2 is 1.92 bits per heavy atom. The molecule has 1 rings (SSSR count). The van der Waals surface area contributed by atoms with Crippen LogP contribution in [0.15, 0.2) is 0 Å². The fourth-order valence-electron chi connectivity index (χ4n) is 1.02. The van der Waals surface area contributed by atoms with Gasteiger partial charge in [0, 0.05) is 0 Å². The molecule has 68 valence electrons. The maximum Gasteiger partial charge on any atom is 0.348 e. The van der Waals surface area contributed by atoms with Gasteiger partial charge in [-0.15, -0.1) is 0 Å². The van der Waals surface area contributed by atoms with Crippen LogP contribution in [0.2, 0.25) is 0 Å². The van der Waals surface area contributed by atoms with Crippen molar-refractivity contribution in [2.75, 3.05) is 0 Å². The molecule has 0 aromatic rings. The van der Waals surface area contributed by atoms with Crippen LogP contribution in [-0.4, -0.2) is 24.1 Å². The number of carbonyl (C=O) groups is 2. The summed E-state index contributed by atoms with van der Waals surface area (Å²) in [5.74, 6) is -0.878. The largest absolute Gasteiger partial charge is 0.448 e. The Labute approximate surface area is 70.8 Å². The standard InChI is InChI=1S/C8H12O4/c1-3-4-6-8(10)11-5(2)7(9)12-6/h5-6H,3-4H2,1-2H3. The van der Waals surface area contributed by atoms with Crippen molar-refractivity contribution >= 4 is 11.9 Å². The summed E-state index contributed by atoms with van der Waals surface area (Å²) >= 11 is 0. The number of esters is 2. The monoisotopic (exact) mass is 172 g/mol. The third kappa shape index (κ3) is 1.75. The number of rotatable bonds is 2. The molecule has 0 aromatic heterocycles. The summed E-state index contributed by atoms with van der Waals surface area (Å²) < 4.78 is 9.59. The van der Waals surface area contributed by atoms with E-state index in [0.717, 1.165) is 6.42 Å². The molecule has 2 atom stereocenters. The van der Waals surface area contributed by atoms with Gasteiger partial charge in [0.05, 0.1) is 0 Å². The van der Waals surface area contributed by atoms with Crippen LogP contribution in [0, 0.1) is 0 Å². The summed E-state index contributed by atoms with van der Waals surface area (Å²) in [7, 11) is 0. The molecule has 0 N–H and O–H groups in total. The summed E-state index contributed by atoms with van der Waals surface area (Å²) in [6.07, 6.45) is -0.0945. The van der Waals surface area contributed by atoms with Gasteiger partial charge in [-0.3, -0.25) is 0 Å². The highest BCUT2D eigenvalue weighted by Gasteiger charge is 2.34. The average molecular weight is 172 g/mol. The smallest absolute Gasteiger partial charge is 0.348 e. The molecule has 1 saturated heterocycles. The van der Waals surface area contributed by atoms with E-state index in [-0.39, 0.29) is 0 Å². The summed E-state index contributed by atoms with van der Waals surface area (Å²) in [4.78, 5) is 22.0. The van der Waals surface area contributed by atoms with E-state index in [2.05, 4.69) is 0 Å². The Kier molecular flexibility index (Phi) is 2.68. The zero-order chi connectivity index (χ0) is 9.14. The van der Waals surface area contributed by atoms with Gasteiger partial charge in [-0.05, 0) is 13.3 Å². The van der Waals surface area contributed by atoms with Gasteiger partial charge in [-0.2, -0.15) is 0 Å². The molecule has 0 aliphatic carbocycles. The molecule has 2 unspecified atom stereocenters. The number of cyclic esters (lactones) is 2. The molecule has 1 aliphatic heterocycles. The van der Waals surface area contributed by atoms with Crippen LogP contribution in [0.25, 0.3) is 0 Å². The first kappa shape index (κ1) is 9.03. The fourth-order valence-corrected chi connectivity index (χ4v) is 1.02. The average Bonchev–Trinajstić information content (AvgIpc) is 2.01. The molecule has 0 bridgehead atoms. The quantitative estimate of drug-likeness (QED) is 0.574. The zero-order valence-electron chi connectivity index (χ0n) is 7.20. The van der Waals surface area contributed by atoms with E-state index in [1.54, 1.807) is 0 Å². The first-order valence-corrected chi connectivity index (χ1v) is 4.06. The van der Waals surface area contributed by atoms with Crippen LogP contribution < -0.4 is 0 Å². The first-order chi connectivity index (χ1) is 5.65. The summed E-state index contributed by atoms with van der Waals surface area (Å²) in [6.45, 7) is 3.42. The van der Waals surface area contributed by atoms with Crippen molar-refractivity contribution in [1.29, 1.82) is 0 Å². The predicted molar refractivity (Wildman–Crippen MR) is 40.3 cm³/mol. The van der Waals surface area contributed by atoms with Crippen molar-refractivity contribution in [1.82, 2.24) is 0 Å². The molecule has 4 nitrogen and oxygen atoms in total. The van der Waals surface area contributed by atoms with E-state index in [4.69, 9.17) is 9.47 Å². The van der Waals surface area contributed by atoms with Gasteiger partial charge in [-0.1, -0.05) is 13.3 Å². The summed E-state index contributed by atoms with van der Waals surface area (Å²) in [5.41, 5.74) is 0. The SMILES string of the molecule is CCCC1OC(=O)C(C)OC1=O. The Hall–Kier alpha value is -1.06. The predicted octanol–water partition coefficient (Wildman–Crippen LogP) is 0.644. The molecule has 1 heterocycles. The van der Waals surface area contributed by atoms with Gasteiger partial charge in [0.15, 0.2) is 12.2 Å². The summed E-state index contributed by atoms with van der Waals surface area (Å²) in [6, 6.07) is 0. The number of carbonyl (C=O) groups excluding carboxylic acids is 2. The fraction of sp³-hybridized carbons (Fsp3) is 0.750. The minimum absolute atomic E-state index is 0.427.